The van der Waals surface area contributed by atoms with Gasteiger partial charge in [0.25, 0.3) is 5.91 Å². The molecule has 0 aliphatic carbocycles. The lowest BCUT2D eigenvalue weighted by molar-refractivity contribution is -0.148. The SMILES string of the molecule is Cc1ccc(C(=O)C2C(c3ccc(C#N)cc3)N(C(=O)c3ccc(F)cc3)C(C)(C(=O)O)C2c2sccc2C)o1. The van der Waals surface area contributed by atoms with Crippen LogP contribution in [0.5, 0.6) is 0 Å². The number of carboxylic acid groups (broad SMARTS) is 1. The second-order valence-electron chi connectivity index (χ2n) is 10.1. The van der Waals surface area contributed by atoms with Gasteiger partial charge >= 0.3 is 5.97 Å². The summed E-state index contributed by atoms with van der Waals surface area (Å²) in [6, 6.07) is 17.3. The van der Waals surface area contributed by atoms with Gasteiger partial charge in [0.2, 0.25) is 5.78 Å². The number of likely N-dealkylation sites (tertiary alicyclic amines) is 1. The number of Topliss-reactive ketones (excluding diaryl/α,β-unsaturated/α-hetero) is 1. The molecule has 0 bridgehead atoms. The number of aryl methyl sites for hydroxylation is 2. The molecule has 1 aliphatic rings. The van der Waals surface area contributed by atoms with Crippen molar-refractivity contribution in [2.45, 2.75) is 38.3 Å². The number of hydrogen-bond acceptors (Lipinski definition) is 6. The van der Waals surface area contributed by atoms with Gasteiger partial charge in [-0.3, -0.25) is 9.59 Å². The third-order valence-electron chi connectivity index (χ3n) is 7.68. The number of rotatable bonds is 6. The Morgan fingerprint density at radius 3 is 2.23 bits per heavy atom. The van der Waals surface area contributed by atoms with Gasteiger partial charge in [-0.2, -0.15) is 5.26 Å². The third-order valence-corrected chi connectivity index (χ3v) is 8.78. The zero-order chi connectivity index (χ0) is 28.8. The molecule has 1 aliphatic heterocycles. The number of thiophene rings is 1. The number of carbonyl (C=O) groups is 3. The van der Waals surface area contributed by atoms with E-state index in [4.69, 9.17) is 4.42 Å². The number of hydrogen-bond donors (Lipinski definition) is 1. The molecule has 4 aromatic rings. The van der Waals surface area contributed by atoms with Gasteiger partial charge in [0.1, 0.15) is 17.1 Å². The van der Waals surface area contributed by atoms with Gasteiger partial charge in [-0.1, -0.05) is 12.1 Å². The average Bonchev–Trinajstić information content (AvgIpc) is 3.64. The van der Waals surface area contributed by atoms with Crippen molar-refractivity contribution in [3.63, 3.8) is 0 Å². The van der Waals surface area contributed by atoms with Crippen LogP contribution in [0, 0.1) is 36.9 Å². The minimum absolute atomic E-state index is 0.0594. The van der Waals surface area contributed by atoms with E-state index in [0.29, 0.717) is 21.8 Å². The van der Waals surface area contributed by atoms with Gasteiger partial charge in [0.15, 0.2) is 5.76 Å². The van der Waals surface area contributed by atoms with E-state index >= 15 is 0 Å². The number of halogens is 1. The van der Waals surface area contributed by atoms with Gasteiger partial charge in [0.05, 0.1) is 23.6 Å². The highest BCUT2D eigenvalue weighted by atomic mass is 32.1. The van der Waals surface area contributed by atoms with Crippen LogP contribution in [-0.2, 0) is 4.79 Å². The number of benzene rings is 2. The van der Waals surface area contributed by atoms with Crippen LogP contribution in [-0.4, -0.2) is 33.2 Å². The van der Waals surface area contributed by atoms with E-state index in [1.807, 2.05) is 18.4 Å². The van der Waals surface area contributed by atoms with Gasteiger partial charge in [-0.05, 0) is 91.9 Å². The first kappa shape index (κ1) is 27.0. The lowest BCUT2D eigenvalue weighted by Crippen LogP contribution is -2.54. The van der Waals surface area contributed by atoms with Crippen LogP contribution in [0.25, 0.3) is 0 Å². The fourth-order valence-electron chi connectivity index (χ4n) is 5.69. The number of furan rings is 1. The van der Waals surface area contributed by atoms with Gasteiger partial charge in [-0.25, -0.2) is 9.18 Å². The summed E-state index contributed by atoms with van der Waals surface area (Å²) in [4.78, 5) is 43.8. The fraction of sp³-hybridized carbons (Fsp3) is 0.226. The van der Waals surface area contributed by atoms with Gasteiger partial charge in [-0.15, -0.1) is 11.3 Å². The van der Waals surface area contributed by atoms with Crippen LogP contribution in [0.1, 0.15) is 67.1 Å². The van der Waals surface area contributed by atoms with E-state index in [9.17, 15) is 29.1 Å². The van der Waals surface area contributed by atoms with Crippen molar-refractivity contribution in [2.24, 2.45) is 5.92 Å². The number of ketones is 1. The summed E-state index contributed by atoms with van der Waals surface area (Å²) < 4.78 is 19.5. The molecule has 9 heteroatoms. The number of amides is 1. The highest BCUT2D eigenvalue weighted by Gasteiger charge is 2.65. The molecule has 0 saturated carbocycles. The molecule has 40 heavy (non-hydrogen) atoms. The smallest absolute Gasteiger partial charge is 0.330 e. The lowest BCUT2D eigenvalue weighted by atomic mass is 9.74. The maximum absolute atomic E-state index is 14.3. The highest BCUT2D eigenvalue weighted by Crippen LogP contribution is 2.58. The topological polar surface area (TPSA) is 112 Å². The number of carbonyl (C=O) groups excluding carboxylic acids is 2. The largest absolute Gasteiger partial charge is 0.479 e. The number of nitrogens with zero attached hydrogens (tertiary/aromatic N) is 2. The first-order valence-electron chi connectivity index (χ1n) is 12.5. The van der Waals surface area contributed by atoms with Gasteiger partial charge in [0, 0.05) is 16.4 Å². The van der Waals surface area contributed by atoms with Crippen LogP contribution in [0.2, 0.25) is 0 Å². The van der Waals surface area contributed by atoms with E-state index < -0.39 is 46.9 Å². The number of carboxylic acids is 1. The Hall–Kier alpha value is -4.55. The molecule has 4 atom stereocenters. The standard InChI is InChI=1S/C31H25FN2O5S/c1-17-14-15-40-28(17)25-24(27(35)23-13-4-18(2)39-23)26(20-7-5-19(16-33)6-8-20)34(31(25,3)30(37)38)29(36)21-9-11-22(32)12-10-21/h4-15,24-26H,1-3H3,(H,37,38). The Bertz CT molecular complexity index is 1650. The predicted octanol–water partition coefficient (Wildman–Crippen LogP) is 6.29. The molecule has 1 N–H and O–H groups in total. The van der Waals surface area contributed by atoms with Crippen LogP contribution in [0.3, 0.4) is 0 Å². The summed E-state index contributed by atoms with van der Waals surface area (Å²) in [5, 5.41) is 22.0. The Kier molecular flexibility index (Phi) is 6.90. The van der Waals surface area contributed by atoms with E-state index in [0.717, 1.165) is 17.7 Å². The molecule has 0 spiro atoms. The summed E-state index contributed by atoms with van der Waals surface area (Å²) in [5.74, 6) is -4.37. The van der Waals surface area contributed by atoms with E-state index in [-0.39, 0.29) is 11.3 Å². The zero-order valence-electron chi connectivity index (χ0n) is 21.9. The first-order chi connectivity index (χ1) is 19.1. The molecule has 4 unspecified atom stereocenters. The van der Waals surface area contributed by atoms with E-state index in [2.05, 4.69) is 6.07 Å². The van der Waals surface area contributed by atoms with Crippen molar-refractivity contribution in [3.8, 4) is 6.07 Å². The predicted molar refractivity (Wildman–Crippen MR) is 146 cm³/mol. The van der Waals surface area contributed by atoms with Gasteiger partial charge < -0.3 is 14.4 Å². The Balaban J connectivity index is 1.82. The van der Waals surface area contributed by atoms with Crippen LogP contribution >= 0.6 is 11.3 Å². The number of aliphatic carboxylic acids is 1. The summed E-state index contributed by atoms with van der Waals surface area (Å²) >= 11 is 1.33. The highest BCUT2D eigenvalue weighted by molar-refractivity contribution is 7.10. The molecule has 5 rings (SSSR count). The molecule has 202 valence electrons. The normalized spacial score (nSPS) is 22.2. The molecule has 0 radical (unpaired) electrons. The van der Waals surface area contributed by atoms with Crippen molar-refractivity contribution in [3.05, 3.63) is 117 Å². The molecule has 7 nitrogen and oxygen atoms in total. The monoisotopic (exact) mass is 556 g/mol. The summed E-state index contributed by atoms with van der Waals surface area (Å²) in [6.45, 7) is 5.00. The number of nitriles is 1. The minimum Gasteiger partial charge on any atom is -0.479 e. The second kappa shape index (κ2) is 10.2. The first-order valence-corrected chi connectivity index (χ1v) is 13.4. The molecule has 2 aromatic heterocycles. The third kappa shape index (κ3) is 4.31. The molecule has 2 aromatic carbocycles. The molecule has 1 amide bonds. The van der Waals surface area contributed by atoms with Crippen molar-refractivity contribution in [2.75, 3.05) is 0 Å². The van der Waals surface area contributed by atoms with E-state index in [1.54, 1.807) is 43.3 Å². The Labute approximate surface area is 234 Å². The van der Waals surface area contributed by atoms with Crippen molar-refractivity contribution < 1.29 is 28.3 Å². The fourth-order valence-corrected chi connectivity index (χ4v) is 6.89. The maximum atomic E-state index is 14.3. The molecule has 1 saturated heterocycles. The van der Waals surface area contributed by atoms with Crippen LogP contribution < -0.4 is 0 Å². The summed E-state index contributed by atoms with van der Waals surface area (Å²) in [5.41, 5.74) is -0.155. The average molecular weight is 557 g/mol. The van der Waals surface area contributed by atoms with Crippen molar-refractivity contribution in [1.82, 2.24) is 4.90 Å². The van der Waals surface area contributed by atoms with Crippen LogP contribution in [0.15, 0.2) is 76.5 Å². The Morgan fingerprint density at radius 2 is 1.70 bits per heavy atom. The van der Waals surface area contributed by atoms with Crippen molar-refractivity contribution >= 4 is 29.0 Å². The summed E-state index contributed by atoms with van der Waals surface area (Å²) in [7, 11) is 0. The molecular weight excluding hydrogens is 531 g/mol. The van der Waals surface area contributed by atoms with Crippen molar-refractivity contribution in [1.29, 1.82) is 5.26 Å². The quantitative estimate of drug-likeness (QED) is 0.279. The zero-order valence-corrected chi connectivity index (χ0v) is 22.7. The Morgan fingerprint density at radius 1 is 1.02 bits per heavy atom. The van der Waals surface area contributed by atoms with Crippen LogP contribution in [0.4, 0.5) is 4.39 Å². The van der Waals surface area contributed by atoms with E-state index in [1.165, 1.54) is 35.3 Å². The lowest BCUT2D eigenvalue weighted by Gasteiger charge is -2.38. The molecular formula is C31H25FN2O5S. The minimum atomic E-state index is -1.89. The second-order valence-corrected chi connectivity index (χ2v) is 11.0. The maximum Gasteiger partial charge on any atom is 0.330 e. The molecule has 3 heterocycles. The summed E-state index contributed by atoms with van der Waals surface area (Å²) in [6.07, 6.45) is 0. The molecule has 1 fully saturated rings.